The number of likely N-dealkylation sites (tertiary alicyclic amines) is 1. The van der Waals surface area contributed by atoms with Crippen molar-refractivity contribution in [3.8, 4) is 0 Å². The molecule has 19 heavy (non-hydrogen) atoms. The Morgan fingerprint density at radius 3 is 2.21 bits per heavy atom. The fourth-order valence-corrected chi connectivity index (χ4v) is 1.85. The number of nitrogens with zero attached hydrogens (tertiary/aromatic N) is 1. The van der Waals surface area contributed by atoms with Gasteiger partial charge in [-0.1, -0.05) is 13.8 Å². The summed E-state index contributed by atoms with van der Waals surface area (Å²) >= 11 is 0. The maximum absolute atomic E-state index is 11.7. The highest BCUT2D eigenvalue weighted by Gasteiger charge is 2.25. The number of hydrogen-bond donors (Lipinski definition) is 0. The van der Waals surface area contributed by atoms with E-state index in [9.17, 15) is 9.59 Å². The molecule has 0 aromatic carbocycles. The molecule has 1 amide bonds. The van der Waals surface area contributed by atoms with E-state index in [2.05, 4.69) is 0 Å². The summed E-state index contributed by atoms with van der Waals surface area (Å²) in [6.07, 6.45) is 1.25. The van der Waals surface area contributed by atoms with E-state index in [1.165, 1.54) is 0 Å². The number of piperidine rings is 1. The Bertz CT molecular complexity index is 307. The maximum atomic E-state index is 11.7. The molecule has 0 aromatic heterocycles. The molecule has 0 unspecified atom stereocenters. The van der Waals surface area contributed by atoms with Crippen LogP contribution in [0.4, 0.5) is 4.79 Å². The molecule has 1 saturated heterocycles. The highest BCUT2D eigenvalue weighted by atomic mass is 16.6. The molecule has 0 atom stereocenters. The third-order valence-corrected chi connectivity index (χ3v) is 3.14. The van der Waals surface area contributed by atoms with Crippen LogP contribution in [0.5, 0.6) is 0 Å². The summed E-state index contributed by atoms with van der Waals surface area (Å²) in [7, 11) is 0. The van der Waals surface area contributed by atoms with Crippen LogP contribution in [0.15, 0.2) is 0 Å². The van der Waals surface area contributed by atoms with Gasteiger partial charge in [0, 0.05) is 19.0 Å². The zero-order chi connectivity index (χ0) is 14.4. The largest absolute Gasteiger partial charge is 0.447 e. The number of Topliss-reactive ketones (excluding diaryl/α,β-unsaturated/α-hetero) is 1. The highest BCUT2D eigenvalue weighted by molar-refractivity contribution is 5.81. The Kier molecular flexibility index (Phi) is 6.28. The van der Waals surface area contributed by atoms with E-state index in [1.807, 2.05) is 27.7 Å². The fraction of sp³-hybridized carbons (Fsp3) is 0.857. The summed E-state index contributed by atoms with van der Waals surface area (Å²) in [6.45, 7) is 8.86. The van der Waals surface area contributed by atoms with E-state index in [0.29, 0.717) is 13.1 Å². The quantitative estimate of drug-likeness (QED) is 0.769. The molecule has 0 bridgehead atoms. The first-order chi connectivity index (χ1) is 8.90. The molecule has 110 valence electrons. The lowest BCUT2D eigenvalue weighted by Gasteiger charge is -2.31. The third kappa shape index (κ3) is 5.59. The lowest BCUT2D eigenvalue weighted by Crippen LogP contribution is -2.42. The predicted molar refractivity (Wildman–Crippen MR) is 72.0 cm³/mol. The molecule has 1 heterocycles. The second kappa shape index (κ2) is 7.48. The van der Waals surface area contributed by atoms with Crippen LogP contribution in [0, 0.1) is 5.92 Å². The van der Waals surface area contributed by atoms with Gasteiger partial charge in [-0.25, -0.2) is 4.79 Å². The van der Waals surface area contributed by atoms with Gasteiger partial charge in [0.25, 0.3) is 0 Å². The minimum atomic E-state index is -0.258. The second-order valence-electron chi connectivity index (χ2n) is 5.55. The summed E-state index contributed by atoms with van der Waals surface area (Å²) in [4.78, 5) is 24.8. The van der Waals surface area contributed by atoms with Gasteiger partial charge in [-0.3, -0.25) is 4.79 Å². The maximum Gasteiger partial charge on any atom is 0.410 e. The van der Waals surface area contributed by atoms with Gasteiger partial charge in [-0.2, -0.15) is 0 Å². The van der Waals surface area contributed by atoms with Crippen LogP contribution >= 0.6 is 0 Å². The molecule has 0 spiro atoms. The van der Waals surface area contributed by atoms with Crippen LogP contribution in [0.2, 0.25) is 0 Å². The second-order valence-corrected chi connectivity index (χ2v) is 5.55. The molecule has 5 heteroatoms. The first kappa shape index (κ1) is 16.0. The summed E-state index contributed by atoms with van der Waals surface area (Å²) < 4.78 is 10.7. The molecular weight excluding hydrogens is 246 g/mol. The van der Waals surface area contributed by atoms with Crippen molar-refractivity contribution in [2.75, 3.05) is 19.7 Å². The number of hydrogen-bond acceptors (Lipinski definition) is 4. The topological polar surface area (TPSA) is 55.8 Å². The first-order valence-electron chi connectivity index (χ1n) is 7.00. The summed E-state index contributed by atoms with van der Waals surface area (Å²) in [5.41, 5.74) is 0. The molecule has 0 saturated carbocycles. The fourth-order valence-electron chi connectivity index (χ4n) is 1.85. The Hall–Kier alpha value is -1.10. The van der Waals surface area contributed by atoms with Gasteiger partial charge in [0.05, 0.1) is 12.2 Å². The molecule has 0 aliphatic carbocycles. The Morgan fingerprint density at radius 1 is 1.16 bits per heavy atom. The normalized spacial score (nSPS) is 17.1. The Balaban J connectivity index is 2.25. The van der Waals surface area contributed by atoms with Crippen molar-refractivity contribution in [1.29, 1.82) is 0 Å². The van der Waals surface area contributed by atoms with Gasteiger partial charge >= 0.3 is 6.09 Å². The standard InChI is InChI=1S/C14H25NO4/c1-10(2)13(16)9-18-12-5-7-15(8-6-12)14(17)19-11(3)4/h10-12H,5-9H2,1-4H3. The van der Waals surface area contributed by atoms with Crippen molar-refractivity contribution in [2.24, 2.45) is 5.92 Å². The van der Waals surface area contributed by atoms with Crippen LogP contribution in [0.3, 0.4) is 0 Å². The molecule has 0 aromatic rings. The number of carbonyl (C=O) groups is 2. The lowest BCUT2D eigenvalue weighted by atomic mass is 10.1. The van der Waals surface area contributed by atoms with Crippen LogP contribution in [0.25, 0.3) is 0 Å². The molecule has 1 aliphatic heterocycles. The van der Waals surface area contributed by atoms with Crippen molar-refractivity contribution in [2.45, 2.75) is 52.7 Å². The van der Waals surface area contributed by atoms with Crippen LogP contribution < -0.4 is 0 Å². The minimum Gasteiger partial charge on any atom is -0.447 e. The van der Waals surface area contributed by atoms with Gasteiger partial charge in [-0.15, -0.1) is 0 Å². The molecule has 0 N–H and O–H groups in total. The number of amides is 1. The van der Waals surface area contributed by atoms with E-state index in [-0.39, 0.29) is 36.6 Å². The van der Waals surface area contributed by atoms with Crippen molar-refractivity contribution >= 4 is 11.9 Å². The molecular formula is C14H25NO4. The summed E-state index contributed by atoms with van der Waals surface area (Å²) in [6, 6.07) is 0. The third-order valence-electron chi connectivity index (χ3n) is 3.14. The van der Waals surface area contributed by atoms with Crippen molar-refractivity contribution < 1.29 is 19.1 Å². The van der Waals surface area contributed by atoms with E-state index >= 15 is 0 Å². The minimum absolute atomic E-state index is 0.0149. The van der Waals surface area contributed by atoms with E-state index in [1.54, 1.807) is 4.90 Å². The van der Waals surface area contributed by atoms with Crippen molar-refractivity contribution in [3.05, 3.63) is 0 Å². The van der Waals surface area contributed by atoms with Gasteiger partial charge in [0.1, 0.15) is 6.61 Å². The van der Waals surface area contributed by atoms with Crippen LogP contribution in [0.1, 0.15) is 40.5 Å². The summed E-state index contributed by atoms with van der Waals surface area (Å²) in [5.74, 6) is 0.141. The smallest absolute Gasteiger partial charge is 0.410 e. The van der Waals surface area contributed by atoms with E-state index < -0.39 is 0 Å². The van der Waals surface area contributed by atoms with E-state index in [4.69, 9.17) is 9.47 Å². The predicted octanol–water partition coefficient (Wildman–Crippen LogP) is 2.24. The van der Waals surface area contributed by atoms with Gasteiger partial charge < -0.3 is 14.4 Å². The molecule has 0 radical (unpaired) electrons. The van der Waals surface area contributed by atoms with Gasteiger partial charge in [0.15, 0.2) is 5.78 Å². The molecule has 1 rings (SSSR count). The SMILES string of the molecule is CC(C)OC(=O)N1CCC(OCC(=O)C(C)C)CC1. The van der Waals surface area contributed by atoms with Gasteiger partial charge in [0.2, 0.25) is 0 Å². The van der Waals surface area contributed by atoms with Crippen molar-refractivity contribution in [1.82, 2.24) is 4.90 Å². The highest BCUT2D eigenvalue weighted by Crippen LogP contribution is 2.15. The van der Waals surface area contributed by atoms with Gasteiger partial charge in [-0.05, 0) is 26.7 Å². The Labute approximate surface area is 115 Å². The molecule has 1 aliphatic rings. The number of ketones is 1. The average molecular weight is 271 g/mol. The monoisotopic (exact) mass is 271 g/mol. The van der Waals surface area contributed by atoms with Crippen LogP contribution in [-0.4, -0.2) is 48.7 Å². The Morgan fingerprint density at radius 2 is 1.74 bits per heavy atom. The lowest BCUT2D eigenvalue weighted by molar-refractivity contribution is -0.129. The number of carbonyl (C=O) groups excluding carboxylic acids is 2. The molecule has 1 fully saturated rings. The first-order valence-corrected chi connectivity index (χ1v) is 7.00. The molecule has 5 nitrogen and oxygen atoms in total. The summed E-state index contributed by atoms with van der Waals surface area (Å²) in [5, 5.41) is 0. The number of ether oxygens (including phenoxy) is 2. The zero-order valence-corrected chi connectivity index (χ0v) is 12.3. The van der Waals surface area contributed by atoms with Crippen LogP contribution in [-0.2, 0) is 14.3 Å². The zero-order valence-electron chi connectivity index (χ0n) is 12.3. The number of rotatable bonds is 5. The average Bonchev–Trinajstić information content (AvgIpc) is 2.35. The van der Waals surface area contributed by atoms with Crippen molar-refractivity contribution in [3.63, 3.8) is 0 Å². The van der Waals surface area contributed by atoms with E-state index in [0.717, 1.165) is 12.8 Å².